The summed E-state index contributed by atoms with van der Waals surface area (Å²) in [6.07, 6.45) is -4.37. The van der Waals surface area contributed by atoms with Gasteiger partial charge in [-0.1, -0.05) is 12.1 Å². The van der Waals surface area contributed by atoms with Crippen molar-refractivity contribution in [2.75, 3.05) is 5.32 Å². The molecule has 2 aromatic heterocycles. The number of hydrogen-bond donors (Lipinski definition) is 1. The number of nitrogens with one attached hydrogen (secondary N) is 1. The Morgan fingerprint density at radius 1 is 1.00 bits per heavy atom. The van der Waals surface area contributed by atoms with Gasteiger partial charge in [-0.05, 0) is 35.7 Å². The minimum Gasteiger partial charge on any atom is -0.305 e. The van der Waals surface area contributed by atoms with Crippen LogP contribution in [0.25, 0.3) is 11.3 Å². The lowest BCUT2D eigenvalue weighted by atomic mass is 10.1. The number of alkyl halides is 3. The van der Waals surface area contributed by atoms with Crippen LogP contribution in [0.3, 0.4) is 0 Å². The van der Waals surface area contributed by atoms with E-state index >= 15 is 0 Å². The van der Waals surface area contributed by atoms with Crippen LogP contribution in [0, 0.1) is 0 Å². The van der Waals surface area contributed by atoms with Gasteiger partial charge < -0.3 is 5.32 Å². The maximum absolute atomic E-state index is 12.5. The molecule has 0 aliphatic heterocycles. The number of rotatable bonds is 3. The van der Waals surface area contributed by atoms with Crippen molar-refractivity contribution < 1.29 is 18.0 Å². The Morgan fingerprint density at radius 2 is 1.75 bits per heavy atom. The maximum Gasteiger partial charge on any atom is 0.416 e. The van der Waals surface area contributed by atoms with Crippen molar-refractivity contribution in [1.82, 2.24) is 10.2 Å². The zero-order valence-corrected chi connectivity index (χ0v) is 12.9. The average molecular weight is 349 g/mol. The van der Waals surface area contributed by atoms with Crippen molar-refractivity contribution in [3.05, 3.63) is 64.4 Å². The van der Waals surface area contributed by atoms with E-state index < -0.39 is 11.7 Å². The van der Waals surface area contributed by atoms with Gasteiger partial charge in [-0.2, -0.15) is 24.5 Å². The van der Waals surface area contributed by atoms with E-state index in [-0.39, 0.29) is 11.7 Å². The van der Waals surface area contributed by atoms with Gasteiger partial charge in [-0.3, -0.25) is 4.79 Å². The number of benzene rings is 1. The number of carbonyl (C=O) groups excluding carboxylic acids is 1. The fourth-order valence-electron chi connectivity index (χ4n) is 1.97. The van der Waals surface area contributed by atoms with Crippen LogP contribution in [0.1, 0.15) is 15.9 Å². The Hall–Kier alpha value is -2.74. The van der Waals surface area contributed by atoms with E-state index in [1.54, 1.807) is 29.0 Å². The zero-order chi connectivity index (χ0) is 17.2. The van der Waals surface area contributed by atoms with Crippen LogP contribution in [-0.4, -0.2) is 16.1 Å². The molecule has 0 saturated heterocycles. The number of thiophene rings is 1. The molecule has 0 radical (unpaired) electrons. The Labute approximate surface area is 139 Å². The summed E-state index contributed by atoms with van der Waals surface area (Å²) >= 11 is 1.40. The monoisotopic (exact) mass is 349 g/mol. The van der Waals surface area contributed by atoms with Gasteiger partial charge in [-0.15, -0.1) is 10.2 Å². The number of amides is 1. The smallest absolute Gasteiger partial charge is 0.305 e. The minimum absolute atomic E-state index is 0.266. The quantitative estimate of drug-likeness (QED) is 0.759. The predicted molar refractivity (Wildman–Crippen MR) is 84.7 cm³/mol. The van der Waals surface area contributed by atoms with Crippen LogP contribution in [0.15, 0.2) is 53.2 Å². The topological polar surface area (TPSA) is 54.9 Å². The molecule has 122 valence electrons. The van der Waals surface area contributed by atoms with Crippen LogP contribution in [0.5, 0.6) is 0 Å². The van der Waals surface area contributed by atoms with Gasteiger partial charge >= 0.3 is 6.18 Å². The largest absolute Gasteiger partial charge is 0.416 e. The number of aromatic nitrogens is 2. The molecule has 0 saturated carbocycles. The van der Waals surface area contributed by atoms with Gasteiger partial charge in [0.05, 0.1) is 16.8 Å². The molecule has 0 spiro atoms. The molecule has 0 fully saturated rings. The minimum atomic E-state index is -4.37. The van der Waals surface area contributed by atoms with Gasteiger partial charge in [-0.25, -0.2) is 0 Å². The highest BCUT2D eigenvalue weighted by Gasteiger charge is 2.30. The summed E-state index contributed by atoms with van der Waals surface area (Å²) in [6.45, 7) is 0. The lowest BCUT2D eigenvalue weighted by molar-refractivity contribution is -0.137. The Balaban J connectivity index is 1.73. The second-order valence-electron chi connectivity index (χ2n) is 4.85. The fraction of sp³-hybridized carbons (Fsp3) is 0.0625. The van der Waals surface area contributed by atoms with E-state index in [2.05, 4.69) is 15.5 Å². The molecule has 0 bridgehead atoms. The van der Waals surface area contributed by atoms with E-state index in [0.717, 1.165) is 12.1 Å². The SMILES string of the molecule is O=C(Nc1ccc(-c2ccc(C(F)(F)F)cc2)nn1)c1ccsc1. The van der Waals surface area contributed by atoms with Crippen LogP contribution >= 0.6 is 11.3 Å². The van der Waals surface area contributed by atoms with Crippen molar-refractivity contribution in [2.24, 2.45) is 0 Å². The molecule has 1 amide bonds. The van der Waals surface area contributed by atoms with Crippen molar-refractivity contribution in [2.45, 2.75) is 6.18 Å². The first-order chi connectivity index (χ1) is 11.4. The lowest BCUT2D eigenvalue weighted by Crippen LogP contribution is -2.12. The van der Waals surface area contributed by atoms with Gasteiger partial charge in [0.1, 0.15) is 0 Å². The van der Waals surface area contributed by atoms with Crippen molar-refractivity contribution in [3.8, 4) is 11.3 Å². The molecule has 2 heterocycles. The maximum atomic E-state index is 12.5. The first kappa shape index (κ1) is 16.1. The lowest BCUT2D eigenvalue weighted by Gasteiger charge is -2.07. The highest BCUT2D eigenvalue weighted by Crippen LogP contribution is 2.30. The van der Waals surface area contributed by atoms with E-state index in [9.17, 15) is 18.0 Å². The fourth-order valence-corrected chi connectivity index (χ4v) is 2.60. The first-order valence-corrected chi connectivity index (χ1v) is 7.73. The third kappa shape index (κ3) is 3.60. The van der Waals surface area contributed by atoms with Crippen LogP contribution in [0.4, 0.5) is 19.0 Å². The Bertz CT molecular complexity index is 829. The van der Waals surface area contributed by atoms with Gasteiger partial charge in [0.15, 0.2) is 5.82 Å². The molecule has 0 aliphatic carbocycles. The second-order valence-corrected chi connectivity index (χ2v) is 5.63. The zero-order valence-electron chi connectivity index (χ0n) is 12.0. The third-order valence-electron chi connectivity index (χ3n) is 3.20. The summed E-state index contributed by atoms with van der Waals surface area (Å²) < 4.78 is 37.6. The summed E-state index contributed by atoms with van der Waals surface area (Å²) in [7, 11) is 0. The highest BCUT2D eigenvalue weighted by molar-refractivity contribution is 7.08. The molecule has 3 rings (SSSR count). The molecule has 24 heavy (non-hydrogen) atoms. The molecule has 3 aromatic rings. The van der Waals surface area contributed by atoms with E-state index in [1.165, 1.54) is 23.5 Å². The highest BCUT2D eigenvalue weighted by atomic mass is 32.1. The summed E-state index contributed by atoms with van der Waals surface area (Å²) in [5.74, 6) is -0.0327. The van der Waals surface area contributed by atoms with E-state index in [4.69, 9.17) is 0 Å². The number of halogens is 3. The van der Waals surface area contributed by atoms with Crippen LogP contribution in [-0.2, 0) is 6.18 Å². The van der Waals surface area contributed by atoms with E-state index in [1.807, 2.05) is 0 Å². The molecule has 4 nitrogen and oxygen atoms in total. The molecular formula is C16H10F3N3OS. The summed E-state index contributed by atoms with van der Waals surface area (Å²) in [6, 6.07) is 9.45. The number of nitrogens with zero attached hydrogens (tertiary/aromatic N) is 2. The molecule has 8 heteroatoms. The van der Waals surface area contributed by atoms with Gasteiger partial charge in [0.25, 0.3) is 5.91 Å². The molecule has 0 aliphatic rings. The normalized spacial score (nSPS) is 11.3. The van der Waals surface area contributed by atoms with Crippen LogP contribution in [0.2, 0.25) is 0 Å². The third-order valence-corrected chi connectivity index (χ3v) is 3.88. The molecule has 0 atom stereocenters. The Morgan fingerprint density at radius 3 is 2.29 bits per heavy atom. The average Bonchev–Trinajstić information content (AvgIpc) is 3.09. The molecule has 1 N–H and O–H groups in total. The number of anilines is 1. The number of hydrogen-bond acceptors (Lipinski definition) is 4. The van der Waals surface area contributed by atoms with Crippen molar-refractivity contribution >= 4 is 23.1 Å². The summed E-state index contributed by atoms with van der Waals surface area (Å²) in [4.78, 5) is 11.9. The van der Waals surface area contributed by atoms with Gasteiger partial charge in [0.2, 0.25) is 0 Å². The van der Waals surface area contributed by atoms with E-state index in [0.29, 0.717) is 16.8 Å². The predicted octanol–water partition coefficient (Wildman–Crippen LogP) is 4.48. The van der Waals surface area contributed by atoms with Crippen molar-refractivity contribution in [1.29, 1.82) is 0 Å². The first-order valence-electron chi connectivity index (χ1n) is 6.78. The second kappa shape index (κ2) is 6.40. The molecular weight excluding hydrogens is 339 g/mol. The standard InChI is InChI=1S/C16H10F3N3OS/c17-16(18,19)12-3-1-10(2-4-12)13-5-6-14(22-21-13)20-15(23)11-7-8-24-9-11/h1-9H,(H,20,22,23). The molecule has 0 unspecified atom stereocenters. The summed E-state index contributed by atoms with van der Waals surface area (Å²) in [5.41, 5.74) is 0.718. The summed E-state index contributed by atoms with van der Waals surface area (Å²) in [5, 5.41) is 13.9. The Kier molecular flexibility index (Phi) is 4.30. The number of carbonyl (C=O) groups is 1. The van der Waals surface area contributed by atoms with Gasteiger partial charge in [0, 0.05) is 10.9 Å². The van der Waals surface area contributed by atoms with Crippen molar-refractivity contribution in [3.63, 3.8) is 0 Å². The molecule has 1 aromatic carbocycles. The van der Waals surface area contributed by atoms with Crippen LogP contribution < -0.4 is 5.32 Å².